The molecule has 0 aliphatic heterocycles. The van der Waals surface area contributed by atoms with Crippen molar-refractivity contribution in [3.63, 3.8) is 0 Å². The molecule has 0 radical (unpaired) electrons. The first-order valence-corrected chi connectivity index (χ1v) is 7.52. The van der Waals surface area contributed by atoms with Crippen LogP contribution in [0.2, 0.25) is 0 Å². The lowest BCUT2D eigenvalue weighted by atomic mass is 10.2. The third kappa shape index (κ3) is 4.59. The Labute approximate surface area is 146 Å². The Morgan fingerprint density at radius 1 is 1.00 bits per heavy atom. The first kappa shape index (κ1) is 17.5. The average molecular weight is 362 g/mol. The van der Waals surface area contributed by atoms with Gasteiger partial charge in [0.25, 0.3) is 0 Å². The minimum atomic E-state index is -4.49. The summed E-state index contributed by atoms with van der Waals surface area (Å²) in [6, 6.07) is 12.7. The number of hydrogen-bond acceptors (Lipinski definition) is 4. The third-order valence-electron chi connectivity index (χ3n) is 3.33. The molecule has 0 fully saturated rings. The zero-order chi connectivity index (χ0) is 18.6. The molecule has 1 aromatic heterocycles. The molecule has 3 aromatic rings. The second-order valence-electron chi connectivity index (χ2n) is 5.32. The summed E-state index contributed by atoms with van der Waals surface area (Å²) in [6.07, 6.45) is -4.10. The van der Waals surface area contributed by atoms with Crippen molar-refractivity contribution in [3.05, 3.63) is 71.6 Å². The minimum Gasteiger partial charge on any atom is -0.407 e. The molecule has 0 bridgehead atoms. The molecule has 1 heterocycles. The van der Waals surface area contributed by atoms with Gasteiger partial charge in [0.1, 0.15) is 0 Å². The second-order valence-corrected chi connectivity index (χ2v) is 5.32. The molecule has 0 aliphatic carbocycles. The van der Waals surface area contributed by atoms with E-state index in [0.717, 1.165) is 17.7 Å². The van der Waals surface area contributed by atoms with Gasteiger partial charge in [0, 0.05) is 5.69 Å². The molecule has 2 aromatic carbocycles. The molecule has 0 saturated heterocycles. The Hall–Kier alpha value is -3.36. The molecule has 0 spiro atoms. The maximum Gasteiger partial charge on any atom is 0.416 e. The van der Waals surface area contributed by atoms with E-state index in [9.17, 15) is 18.0 Å². The van der Waals surface area contributed by atoms with Gasteiger partial charge >= 0.3 is 18.2 Å². The number of nitrogens with one attached hydrogen (secondary N) is 2. The van der Waals surface area contributed by atoms with E-state index in [1.807, 2.05) is 30.3 Å². The topological polar surface area (TPSA) is 80.0 Å². The standard InChI is InChI=1S/C17H13F3N4O2/c18-17(19,20)12-7-4-8-13(10-12)21-15(25)22-16-24-23-14(26-16)9-11-5-2-1-3-6-11/h1-8,10H,9H2,(H2,21,22,24,25). The van der Waals surface area contributed by atoms with Gasteiger partial charge in [-0.2, -0.15) is 13.2 Å². The molecule has 26 heavy (non-hydrogen) atoms. The zero-order valence-corrected chi connectivity index (χ0v) is 13.2. The van der Waals surface area contributed by atoms with Crippen LogP contribution in [0.5, 0.6) is 0 Å². The van der Waals surface area contributed by atoms with Crippen LogP contribution in [0.15, 0.2) is 59.0 Å². The summed E-state index contributed by atoms with van der Waals surface area (Å²) in [5.74, 6) is 0.297. The lowest BCUT2D eigenvalue weighted by molar-refractivity contribution is -0.137. The highest BCUT2D eigenvalue weighted by Crippen LogP contribution is 2.30. The van der Waals surface area contributed by atoms with Crippen molar-refractivity contribution in [2.45, 2.75) is 12.6 Å². The number of hydrogen-bond donors (Lipinski definition) is 2. The Kier molecular flexibility index (Phi) is 4.87. The predicted octanol–water partition coefficient (Wildman–Crippen LogP) is 4.32. The quantitative estimate of drug-likeness (QED) is 0.724. The molecule has 9 heteroatoms. The Morgan fingerprint density at radius 3 is 2.50 bits per heavy atom. The predicted molar refractivity (Wildman–Crippen MR) is 87.6 cm³/mol. The van der Waals surface area contributed by atoms with E-state index in [1.165, 1.54) is 12.1 Å². The van der Waals surface area contributed by atoms with Crippen LogP contribution >= 0.6 is 0 Å². The van der Waals surface area contributed by atoms with Crippen molar-refractivity contribution < 1.29 is 22.4 Å². The molecule has 0 saturated carbocycles. The third-order valence-corrected chi connectivity index (χ3v) is 3.33. The van der Waals surface area contributed by atoms with Crippen molar-refractivity contribution in [1.29, 1.82) is 0 Å². The number of alkyl halides is 3. The number of rotatable bonds is 4. The van der Waals surface area contributed by atoms with Gasteiger partial charge in [0.2, 0.25) is 5.89 Å². The summed E-state index contributed by atoms with van der Waals surface area (Å²) >= 11 is 0. The van der Waals surface area contributed by atoms with Crippen molar-refractivity contribution in [2.75, 3.05) is 10.6 Å². The molecular formula is C17H13F3N4O2. The van der Waals surface area contributed by atoms with Gasteiger partial charge in [-0.05, 0) is 23.8 Å². The Balaban J connectivity index is 1.60. The van der Waals surface area contributed by atoms with E-state index in [1.54, 1.807) is 0 Å². The average Bonchev–Trinajstić information content (AvgIpc) is 3.02. The first-order valence-electron chi connectivity index (χ1n) is 7.52. The highest BCUT2D eigenvalue weighted by Gasteiger charge is 2.30. The molecule has 0 atom stereocenters. The van der Waals surface area contributed by atoms with E-state index in [-0.39, 0.29) is 11.7 Å². The van der Waals surface area contributed by atoms with Crippen LogP contribution in [-0.2, 0) is 12.6 Å². The fraction of sp³-hybridized carbons (Fsp3) is 0.118. The van der Waals surface area contributed by atoms with Crippen molar-refractivity contribution in [2.24, 2.45) is 0 Å². The number of urea groups is 1. The van der Waals surface area contributed by atoms with Crippen LogP contribution in [0.25, 0.3) is 0 Å². The van der Waals surface area contributed by atoms with Crippen molar-refractivity contribution >= 4 is 17.7 Å². The summed E-state index contributed by atoms with van der Waals surface area (Å²) in [5.41, 5.74) is 0.0794. The number of halogens is 3. The molecule has 0 aliphatic rings. The van der Waals surface area contributed by atoms with Crippen LogP contribution < -0.4 is 10.6 Å². The number of amides is 2. The largest absolute Gasteiger partial charge is 0.416 e. The number of anilines is 2. The Morgan fingerprint density at radius 2 is 1.77 bits per heavy atom. The Bertz CT molecular complexity index is 894. The summed E-state index contributed by atoms with van der Waals surface area (Å²) in [6.45, 7) is 0. The van der Waals surface area contributed by atoms with Gasteiger partial charge in [-0.3, -0.25) is 5.32 Å². The molecular weight excluding hydrogens is 349 g/mol. The van der Waals surface area contributed by atoms with E-state index in [4.69, 9.17) is 4.42 Å². The summed E-state index contributed by atoms with van der Waals surface area (Å²) in [7, 11) is 0. The second kappa shape index (κ2) is 7.26. The van der Waals surface area contributed by atoms with Crippen LogP contribution in [0.4, 0.5) is 29.7 Å². The summed E-state index contributed by atoms with van der Waals surface area (Å²) in [4.78, 5) is 11.9. The van der Waals surface area contributed by atoms with E-state index < -0.39 is 17.8 Å². The zero-order valence-electron chi connectivity index (χ0n) is 13.2. The lowest BCUT2D eigenvalue weighted by Crippen LogP contribution is -2.20. The van der Waals surface area contributed by atoms with Gasteiger partial charge in [0.15, 0.2) is 0 Å². The summed E-state index contributed by atoms with van der Waals surface area (Å²) < 4.78 is 43.3. The fourth-order valence-corrected chi connectivity index (χ4v) is 2.18. The van der Waals surface area contributed by atoms with Gasteiger partial charge in [-0.25, -0.2) is 4.79 Å². The molecule has 2 amide bonds. The molecule has 2 N–H and O–H groups in total. The maximum atomic E-state index is 12.7. The smallest absolute Gasteiger partial charge is 0.407 e. The number of aromatic nitrogens is 2. The van der Waals surface area contributed by atoms with E-state index in [2.05, 4.69) is 20.8 Å². The highest BCUT2D eigenvalue weighted by atomic mass is 19.4. The van der Waals surface area contributed by atoms with Gasteiger partial charge in [-0.1, -0.05) is 41.5 Å². The van der Waals surface area contributed by atoms with E-state index >= 15 is 0 Å². The highest BCUT2D eigenvalue weighted by molar-refractivity contribution is 5.98. The normalized spacial score (nSPS) is 11.2. The van der Waals surface area contributed by atoms with Crippen LogP contribution in [0, 0.1) is 0 Å². The van der Waals surface area contributed by atoms with Crippen molar-refractivity contribution in [1.82, 2.24) is 10.2 Å². The van der Waals surface area contributed by atoms with Gasteiger partial charge < -0.3 is 9.73 Å². The monoisotopic (exact) mass is 362 g/mol. The molecule has 6 nitrogen and oxygen atoms in total. The minimum absolute atomic E-state index is 0.0126. The summed E-state index contributed by atoms with van der Waals surface area (Å²) in [5, 5.41) is 12.1. The molecule has 3 rings (SSSR count). The van der Waals surface area contributed by atoms with Gasteiger partial charge in [-0.15, -0.1) is 5.10 Å². The van der Waals surface area contributed by atoms with Gasteiger partial charge in [0.05, 0.1) is 12.0 Å². The van der Waals surface area contributed by atoms with E-state index in [0.29, 0.717) is 12.3 Å². The number of benzene rings is 2. The fourth-order valence-electron chi connectivity index (χ4n) is 2.18. The number of nitrogens with zero attached hydrogens (tertiary/aromatic N) is 2. The van der Waals surface area contributed by atoms with Crippen LogP contribution in [-0.4, -0.2) is 16.2 Å². The lowest BCUT2D eigenvalue weighted by Gasteiger charge is -2.09. The van der Waals surface area contributed by atoms with Crippen LogP contribution in [0.1, 0.15) is 17.0 Å². The SMILES string of the molecule is O=C(Nc1cccc(C(F)(F)F)c1)Nc1nnc(Cc2ccccc2)o1. The first-order chi connectivity index (χ1) is 12.4. The maximum absolute atomic E-state index is 12.7. The van der Waals surface area contributed by atoms with Crippen LogP contribution in [0.3, 0.4) is 0 Å². The number of carbonyl (C=O) groups is 1. The molecule has 134 valence electrons. The number of carbonyl (C=O) groups excluding carboxylic acids is 1. The van der Waals surface area contributed by atoms with Crippen molar-refractivity contribution in [3.8, 4) is 0 Å². The molecule has 0 unspecified atom stereocenters.